The van der Waals surface area contributed by atoms with Gasteiger partial charge in [0.25, 0.3) is 0 Å². The molecule has 1 aliphatic heterocycles. The predicted octanol–water partition coefficient (Wildman–Crippen LogP) is 3.18. The molecule has 3 nitrogen and oxygen atoms in total. The Balaban J connectivity index is 0.00000156. The van der Waals surface area contributed by atoms with Gasteiger partial charge in [-0.1, -0.05) is 37.1 Å². The van der Waals surface area contributed by atoms with Gasteiger partial charge in [0, 0.05) is 18.5 Å². The fourth-order valence-corrected chi connectivity index (χ4v) is 4.73. The van der Waals surface area contributed by atoms with E-state index in [-0.39, 0.29) is 24.4 Å². The first-order chi connectivity index (χ1) is 10.8. The number of halogens is 1. The predicted molar refractivity (Wildman–Crippen MR) is 95.0 cm³/mol. The summed E-state index contributed by atoms with van der Waals surface area (Å²) in [5.74, 6) is 1.46. The molecule has 3 aliphatic rings. The molecule has 4 unspecified atom stereocenters. The van der Waals surface area contributed by atoms with E-state index in [0.29, 0.717) is 12.0 Å². The van der Waals surface area contributed by atoms with Crippen molar-refractivity contribution in [3.8, 4) is 0 Å². The zero-order chi connectivity index (χ0) is 14.9. The number of benzene rings is 1. The largest absolute Gasteiger partial charge is 0.354 e. The van der Waals surface area contributed by atoms with Crippen molar-refractivity contribution in [1.82, 2.24) is 10.6 Å². The maximum Gasteiger partial charge on any atom is 0.237 e. The third-order valence-electron chi connectivity index (χ3n) is 5.96. The van der Waals surface area contributed by atoms with Gasteiger partial charge in [0.15, 0.2) is 0 Å². The summed E-state index contributed by atoms with van der Waals surface area (Å²) in [6.07, 6.45) is 8.59. The lowest BCUT2D eigenvalue weighted by atomic mass is 9.85. The highest BCUT2D eigenvalue weighted by molar-refractivity contribution is 5.85. The highest BCUT2D eigenvalue weighted by Gasteiger charge is 2.38. The maximum atomic E-state index is 12.5. The number of nitrogens with one attached hydrogen (secondary N) is 2. The van der Waals surface area contributed by atoms with Crippen molar-refractivity contribution >= 4 is 18.3 Å². The fourth-order valence-electron chi connectivity index (χ4n) is 4.73. The number of fused-ring (bicyclic) bond motifs is 2. The second-order valence-electron chi connectivity index (χ2n) is 7.29. The number of rotatable bonds is 3. The minimum atomic E-state index is 0. The van der Waals surface area contributed by atoms with Crippen LogP contribution in [0.5, 0.6) is 0 Å². The highest BCUT2D eigenvalue weighted by Crippen LogP contribution is 2.34. The summed E-state index contributed by atoms with van der Waals surface area (Å²) in [5.41, 5.74) is 2.91. The van der Waals surface area contributed by atoms with Gasteiger partial charge in [-0.2, -0.15) is 0 Å². The van der Waals surface area contributed by atoms with E-state index in [1.54, 1.807) is 0 Å². The molecular formula is C19H27ClN2O. The number of carbonyl (C=O) groups excluding carboxylic acids is 1. The van der Waals surface area contributed by atoms with Gasteiger partial charge in [0.2, 0.25) is 5.91 Å². The van der Waals surface area contributed by atoms with Crippen LogP contribution in [0, 0.1) is 5.92 Å². The van der Waals surface area contributed by atoms with Gasteiger partial charge >= 0.3 is 0 Å². The molecule has 2 fully saturated rings. The second kappa shape index (κ2) is 7.23. The van der Waals surface area contributed by atoms with Crippen molar-refractivity contribution in [2.75, 3.05) is 6.54 Å². The highest BCUT2D eigenvalue weighted by atomic mass is 35.5. The first kappa shape index (κ1) is 16.8. The van der Waals surface area contributed by atoms with Crippen LogP contribution < -0.4 is 10.6 Å². The van der Waals surface area contributed by atoms with Crippen molar-refractivity contribution in [1.29, 1.82) is 0 Å². The van der Waals surface area contributed by atoms with Gasteiger partial charge in [-0.15, -0.1) is 12.4 Å². The molecule has 4 rings (SSSR count). The van der Waals surface area contributed by atoms with Crippen LogP contribution in [-0.4, -0.2) is 24.5 Å². The Kier molecular flexibility index (Phi) is 5.27. The van der Waals surface area contributed by atoms with Gasteiger partial charge in [0.1, 0.15) is 0 Å². The summed E-state index contributed by atoms with van der Waals surface area (Å²) < 4.78 is 0. The van der Waals surface area contributed by atoms with Crippen LogP contribution in [-0.2, 0) is 11.2 Å². The normalized spacial score (nSPS) is 31.8. The summed E-state index contributed by atoms with van der Waals surface area (Å²) in [6, 6.07) is 9.31. The number of hydrogen-bond donors (Lipinski definition) is 2. The van der Waals surface area contributed by atoms with Gasteiger partial charge in [-0.25, -0.2) is 0 Å². The van der Waals surface area contributed by atoms with Crippen molar-refractivity contribution in [2.24, 2.45) is 5.92 Å². The average molecular weight is 335 g/mol. The third kappa shape index (κ3) is 3.41. The van der Waals surface area contributed by atoms with Crippen LogP contribution in [0.15, 0.2) is 24.3 Å². The molecule has 1 aromatic rings. The minimum absolute atomic E-state index is 0. The summed E-state index contributed by atoms with van der Waals surface area (Å²) in [5, 5.41) is 6.79. The molecule has 0 aromatic heterocycles. The number of amides is 1. The number of aryl methyl sites for hydroxylation is 1. The molecular weight excluding hydrogens is 308 g/mol. The molecule has 1 saturated carbocycles. The molecule has 126 valence electrons. The van der Waals surface area contributed by atoms with Crippen molar-refractivity contribution in [2.45, 2.75) is 62.9 Å². The Morgan fingerprint density at radius 3 is 2.87 bits per heavy atom. The smallest absolute Gasteiger partial charge is 0.237 e. The van der Waals surface area contributed by atoms with E-state index in [0.717, 1.165) is 25.3 Å². The van der Waals surface area contributed by atoms with Gasteiger partial charge in [0.05, 0.1) is 6.04 Å². The first-order valence-corrected chi connectivity index (χ1v) is 8.93. The quantitative estimate of drug-likeness (QED) is 0.891. The van der Waals surface area contributed by atoms with E-state index in [1.807, 2.05) is 0 Å². The molecule has 23 heavy (non-hydrogen) atoms. The Labute approximate surface area is 145 Å². The Bertz CT molecular complexity index is 548. The lowest BCUT2D eigenvalue weighted by Crippen LogP contribution is -2.44. The molecule has 0 bridgehead atoms. The Hall–Kier alpha value is -1.06. The second-order valence-corrected chi connectivity index (χ2v) is 7.29. The zero-order valence-corrected chi connectivity index (χ0v) is 14.4. The van der Waals surface area contributed by atoms with Gasteiger partial charge in [-0.3, -0.25) is 4.79 Å². The van der Waals surface area contributed by atoms with E-state index >= 15 is 0 Å². The summed E-state index contributed by atoms with van der Waals surface area (Å²) in [7, 11) is 0. The van der Waals surface area contributed by atoms with E-state index in [1.165, 1.54) is 43.2 Å². The van der Waals surface area contributed by atoms with E-state index in [9.17, 15) is 4.79 Å². The monoisotopic (exact) mass is 334 g/mol. The lowest BCUT2D eigenvalue weighted by Gasteiger charge is -2.24. The number of carbonyl (C=O) groups is 1. The summed E-state index contributed by atoms with van der Waals surface area (Å²) >= 11 is 0. The van der Waals surface area contributed by atoms with Crippen LogP contribution >= 0.6 is 12.4 Å². The van der Waals surface area contributed by atoms with Crippen molar-refractivity contribution < 1.29 is 4.79 Å². The molecule has 4 atom stereocenters. The number of hydrogen-bond acceptors (Lipinski definition) is 2. The molecule has 1 aromatic carbocycles. The molecule has 1 amide bonds. The summed E-state index contributed by atoms with van der Waals surface area (Å²) in [4.78, 5) is 12.5. The van der Waals surface area contributed by atoms with Crippen LogP contribution in [0.2, 0.25) is 0 Å². The van der Waals surface area contributed by atoms with Gasteiger partial charge < -0.3 is 10.6 Å². The summed E-state index contributed by atoms with van der Waals surface area (Å²) in [6.45, 7) is 0.795. The van der Waals surface area contributed by atoms with Crippen molar-refractivity contribution in [3.63, 3.8) is 0 Å². The molecule has 0 radical (unpaired) electrons. The zero-order valence-electron chi connectivity index (χ0n) is 13.6. The SMILES string of the molecule is Cl.O=C(NCC1CCc2ccccc21)C1CC2CCCCC2N1. The Morgan fingerprint density at radius 1 is 1.17 bits per heavy atom. The van der Waals surface area contributed by atoms with Gasteiger partial charge in [-0.05, 0) is 49.1 Å². The lowest BCUT2D eigenvalue weighted by molar-refractivity contribution is -0.122. The topological polar surface area (TPSA) is 41.1 Å². The molecule has 2 N–H and O–H groups in total. The minimum Gasteiger partial charge on any atom is -0.354 e. The van der Waals surface area contributed by atoms with Crippen LogP contribution in [0.4, 0.5) is 0 Å². The van der Waals surface area contributed by atoms with Crippen LogP contribution in [0.25, 0.3) is 0 Å². The average Bonchev–Trinajstić information content (AvgIpc) is 3.16. The third-order valence-corrected chi connectivity index (χ3v) is 5.96. The molecule has 1 heterocycles. The molecule has 0 spiro atoms. The molecule has 1 saturated heterocycles. The van der Waals surface area contributed by atoms with E-state index in [2.05, 4.69) is 34.9 Å². The molecule has 4 heteroatoms. The van der Waals surface area contributed by atoms with E-state index < -0.39 is 0 Å². The maximum absolute atomic E-state index is 12.5. The van der Waals surface area contributed by atoms with Crippen molar-refractivity contribution in [3.05, 3.63) is 35.4 Å². The first-order valence-electron chi connectivity index (χ1n) is 8.93. The fraction of sp³-hybridized carbons (Fsp3) is 0.632. The van der Waals surface area contributed by atoms with Crippen LogP contribution in [0.3, 0.4) is 0 Å². The molecule has 2 aliphatic carbocycles. The van der Waals surface area contributed by atoms with Crippen LogP contribution in [0.1, 0.15) is 55.6 Å². The van der Waals surface area contributed by atoms with E-state index in [4.69, 9.17) is 0 Å². The standard InChI is InChI=1S/C19H26N2O.ClH/c22-19(18-11-14-6-2-4-8-17(14)21-18)20-12-15-10-9-13-5-1-3-7-16(13)15;/h1,3,5,7,14-15,17-18,21H,2,4,6,8-12H2,(H,20,22);1H. The Morgan fingerprint density at radius 2 is 2.00 bits per heavy atom.